The molecule has 110 valence electrons. The molecule has 0 spiro atoms. The van der Waals surface area contributed by atoms with Gasteiger partial charge in [-0.2, -0.15) is 0 Å². The maximum Gasteiger partial charge on any atom is 0.404 e. The number of nitrogens with two attached hydrogens (primary N) is 1. The highest BCUT2D eigenvalue weighted by molar-refractivity contribution is 5.72. The van der Waals surface area contributed by atoms with E-state index < -0.39 is 18.2 Å². The third kappa shape index (κ3) is 5.86. The van der Waals surface area contributed by atoms with Gasteiger partial charge in [0.15, 0.2) is 6.10 Å². The number of carboxylic acid groups (broad SMARTS) is 2. The molecule has 5 N–H and O–H groups in total. The maximum atomic E-state index is 10.2. The average Bonchev–Trinajstić information content (AvgIpc) is 2.86. The molecule has 2 rings (SSSR count). The molecule has 1 amide bonds. The molecule has 0 radical (unpaired) electrons. The predicted molar refractivity (Wildman–Crippen MR) is 65.0 cm³/mol. The number of hydrogen-bond acceptors (Lipinski definition) is 5. The Morgan fingerprint density at radius 2 is 1.95 bits per heavy atom. The van der Waals surface area contributed by atoms with Gasteiger partial charge in [0, 0.05) is 19.3 Å². The van der Waals surface area contributed by atoms with Crippen molar-refractivity contribution in [1.29, 1.82) is 0 Å². The molecule has 2 fully saturated rings. The van der Waals surface area contributed by atoms with Crippen molar-refractivity contribution in [2.75, 3.05) is 19.8 Å². The minimum absolute atomic E-state index is 0.152. The first-order valence-electron chi connectivity index (χ1n) is 6.18. The Labute approximate surface area is 110 Å². The molecule has 3 atom stereocenters. The highest BCUT2D eigenvalue weighted by Crippen LogP contribution is 2.10. The Balaban J connectivity index is 0.000000200. The first kappa shape index (κ1) is 15.7. The van der Waals surface area contributed by atoms with Crippen LogP contribution in [0, 0.1) is 0 Å². The van der Waals surface area contributed by atoms with Crippen LogP contribution in [-0.4, -0.2) is 60.3 Å². The number of amides is 1. The quantitative estimate of drug-likeness (QED) is 0.540. The van der Waals surface area contributed by atoms with Crippen LogP contribution in [0.4, 0.5) is 4.79 Å². The second-order valence-electron chi connectivity index (χ2n) is 4.42. The molecule has 19 heavy (non-hydrogen) atoms. The summed E-state index contributed by atoms with van der Waals surface area (Å²) in [5, 5.41) is 19.0. The van der Waals surface area contributed by atoms with Crippen molar-refractivity contribution in [2.45, 2.75) is 37.5 Å². The lowest BCUT2D eigenvalue weighted by atomic mass is 10.1. The van der Waals surface area contributed by atoms with Gasteiger partial charge in [0.05, 0.1) is 12.6 Å². The number of carboxylic acids is 1. The van der Waals surface area contributed by atoms with Crippen molar-refractivity contribution in [1.82, 2.24) is 5.32 Å². The summed E-state index contributed by atoms with van der Waals surface area (Å²) in [5.41, 5.74) is 5.58. The smallest absolute Gasteiger partial charge is 0.404 e. The summed E-state index contributed by atoms with van der Waals surface area (Å²) in [6, 6.07) is -0.360. The molecule has 2 saturated heterocycles. The van der Waals surface area contributed by atoms with Crippen LogP contribution in [-0.2, 0) is 14.3 Å². The van der Waals surface area contributed by atoms with Crippen LogP contribution in [0.2, 0.25) is 0 Å². The lowest BCUT2D eigenvalue weighted by Crippen LogP contribution is -2.52. The van der Waals surface area contributed by atoms with Gasteiger partial charge in [-0.3, -0.25) is 0 Å². The molecule has 8 nitrogen and oxygen atoms in total. The van der Waals surface area contributed by atoms with Gasteiger partial charge in [0.2, 0.25) is 0 Å². The molecule has 0 saturated carbocycles. The van der Waals surface area contributed by atoms with Crippen LogP contribution < -0.4 is 11.1 Å². The molecule has 0 aromatic heterocycles. The number of rotatable bonds is 2. The molecule has 1 unspecified atom stereocenters. The Bertz CT molecular complexity index is 306. The fourth-order valence-electron chi connectivity index (χ4n) is 1.87. The molecule has 2 aliphatic rings. The maximum absolute atomic E-state index is 10.2. The summed E-state index contributed by atoms with van der Waals surface area (Å²) in [6.07, 6.45) is 0.682. The van der Waals surface area contributed by atoms with E-state index in [0.29, 0.717) is 32.7 Å². The third-order valence-electron chi connectivity index (χ3n) is 2.91. The van der Waals surface area contributed by atoms with E-state index in [1.807, 2.05) is 0 Å². The molecule has 2 heterocycles. The lowest BCUT2D eigenvalue weighted by molar-refractivity contribution is -0.147. The van der Waals surface area contributed by atoms with Gasteiger partial charge in [-0.25, -0.2) is 9.59 Å². The largest absolute Gasteiger partial charge is 0.479 e. The second kappa shape index (κ2) is 7.93. The Morgan fingerprint density at radius 3 is 2.37 bits per heavy atom. The van der Waals surface area contributed by atoms with E-state index in [1.165, 1.54) is 0 Å². The van der Waals surface area contributed by atoms with E-state index in [1.54, 1.807) is 0 Å². The van der Waals surface area contributed by atoms with Gasteiger partial charge in [0.25, 0.3) is 0 Å². The van der Waals surface area contributed by atoms with Crippen molar-refractivity contribution in [3.8, 4) is 0 Å². The van der Waals surface area contributed by atoms with Gasteiger partial charge < -0.3 is 30.7 Å². The highest BCUT2D eigenvalue weighted by atomic mass is 16.5. The second-order valence-corrected chi connectivity index (χ2v) is 4.42. The van der Waals surface area contributed by atoms with E-state index in [4.69, 9.17) is 25.4 Å². The van der Waals surface area contributed by atoms with Crippen molar-refractivity contribution in [2.24, 2.45) is 5.73 Å². The average molecular weight is 276 g/mol. The fourth-order valence-corrected chi connectivity index (χ4v) is 1.87. The number of carbonyl (C=O) groups is 2. The van der Waals surface area contributed by atoms with Gasteiger partial charge in [-0.05, 0) is 19.3 Å². The molecule has 2 aliphatic heterocycles. The first-order chi connectivity index (χ1) is 9.00. The van der Waals surface area contributed by atoms with Gasteiger partial charge in [-0.1, -0.05) is 0 Å². The minimum Gasteiger partial charge on any atom is -0.479 e. The molecular formula is C11H20N2O6. The standard InChI is InChI=1S/C6H12N2O3.C5H8O3/c7-4-3-11-2-1-5(4)8-6(9)10;6-5(7)4-2-1-3-8-4/h4-5,8H,1-3,7H2,(H,9,10);4H,1-3H2,(H,6,7)/t4-,5-;/m1./s1. The van der Waals surface area contributed by atoms with Crippen LogP contribution in [0.15, 0.2) is 0 Å². The van der Waals surface area contributed by atoms with Crippen LogP contribution in [0.5, 0.6) is 0 Å². The molecule has 0 aliphatic carbocycles. The zero-order chi connectivity index (χ0) is 14.3. The summed E-state index contributed by atoms with van der Waals surface area (Å²) >= 11 is 0. The summed E-state index contributed by atoms with van der Waals surface area (Å²) in [4.78, 5) is 20.3. The monoisotopic (exact) mass is 276 g/mol. The SMILES string of the molecule is N[C@@H]1COCC[C@H]1NC(=O)O.O=C(O)C1CCCO1. The normalized spacial score (nSPS) is 30.1. The van der Waals surface area contributed by atoms with E-state index in [2.05, 4.69) is 5.32 Å². The molecular weight excluding hydrogens is 256 g/mol. The van der Waals surface area contributed by atoms with E-state index >= 15 is 0 Å². The molecule has 8 heteroatoms. The summed E-state index contributed by atoms with van der Waals surface area (Å²) in [7, 11) is 0. The molecule has 0 bridgehead atoms. The zero-order valence-electron chi connectivity index (χ0n) is 10.6. The lowest BCUT2D eigenvalue weighted by Gasteiger charge is -2.28. The highest BCUT2D eigenvalue weighted by Gasteiger charge is 2.23. The number of ether oxygens (including phenoxy) is 2. The Kier molecular flexibility index (Phi) is 6.54. The van der Waals surface area contributed by atoms with Crippen molar-refractivity contribution in [3.05, 3.63) is 0 Å². The van der Waals surface area contributed by atoms with E-state index in [9.17, 15) is 9.59 Å². The molecule has 0 aromatic carbocycles. The van der Waals surface area contributed by atoms with Crippen LogP contribution in [0.25, 0.3) is 0 Å². The van der Waals surface area contributed by atoms with Crippen LogP contribution in [0.3, 0.4) is 0 Å². The number of nitrogens with one attached hydrogen (secondary N) is 1. The zero-order valence-corrected chi connectivity index (χ0v) is 10.6. The summed E-state index contributed by atoms with van der Waals surface area (Å²) < 4.78 is 9.85. The van der Waals surface area contributed by atoms with Crippen molar-refractivity contribution < 1.29 is 29.3 Å². The predicted octanol–water partition coefficient (Wildman–Crippen LogP) is -0.380. The van der Waals surface area contributed by atoms with Gasteiger partial charge >= 0.3 is 12.1 Å². The Morgan fingerprint density at radius 1 is 1.21 bits per heavy atom. The van der Waals surface area contributed by atoms with E-state index in [-0.39, 0.29) is 12.1 Å². The van der Waals surface area contributed by atoms with Gasteiger partial charge in [0.1, 0.15) is 0 Å². The van der Waals surface area contributed by atoms with Crippen molar-refractivity contribution >= 4 is 12.1 Å². The van der Waals surface area contributed by atoms with Crippen molar-refractivity contribution in [3.63, 3.8) is 0 Å². The van der Waals surface area contributed by atoms with Crippen LogP contribution >= 0.6 is 0 Å². The summed E-state index contributed by atoms with van der Waals surface area (Å²) in [5.74, 6) is -0.831. The number of aliphatic carboxylic acids is 1. The van der Waals surface area contributed by atoms with Gasteiger partial charge in [-0.15, -0.1) is 0 Å². The third-order valence-corrected chi connectivity index (χ3v) is 2.91. The summed E-state index contributed by atoms with van der Waals surface area (Å²) in [6.45, 7) is 1.63. The number of hydrogen-bond donors (Lipinski definition) is 4. The first-order valence-corrected chi connectivity index (χ1v) is 6.18. The van der Waals surface area contributed by atoms with Crippen LogP contribution in [0.1, 0.15) is 19.3 Å². The molecule has 0 aromatic rings. The fraction of sp³-hybridized carbons (Fsp3) is 0.818. The topological polar surface area (TPSA) is 131 Å². The van der Waals surface area contributed by atoms with E-state index in [0.717, 1.165) is 6.42 Å². The minimum atomic E-state index is -1.02. The Hall–Kier alpha value is -1.38.